The molecule has 1 aliphatic carbocycles. The van der Waals surface area contributed by atoms with Crippen LogP contribution in [-0.2, 0) is 14.3 Å². The van der Waals surface area contributed by atoms with E-state index in [1.807, 2.05) is 6.92 Å². The number of hydrogen-bond acceptors (Lipinski definition) is 5. The van der Waals surface area contributed by atoms with Crippen LogP contribution in [0.1, 0.15) is 47.8 Å². The number of esters is 1. The molecule has 30 heavy (non-hydrogen) atoms. The summed E-state index contributed by atoms with van der Waals surface area (Å²) in [4.78, 5) is 38.0. The zero-order valence-corrected chi connectivity index (χ0v) is 17.7. The van der Waals surface area contributed by atoms with Gasteiger partial charge in [-0.3, -0.25) is 9.59 Å². The minimum Gasteiger partial charge on any atom is -0.481 e. The highest BCUT2D eigenvalue weighted by molar-refractivity contribution is 7.17. The molecule has 1 heterocycles. The Morgan fingerprint density at radius 3 is 2.40 bits per heavy atom. The van der Waals surface area contributed by atoms with E-state index >= 15 is 0 Å². The number of carboxylic acid groups (broad SMARTS) is 1. The van der Waals surface area contributed by atoms with Crippen molar-refractivity contribution >= 4 is 34.2 Å². The summed E-state index contributed by atoms with van der Waals surface area (Å²) in [7, 11) is 0. The molecule has 1 aromatic carbocycles. The summed E-state index contributed by atoms with van der Waals surface area (Å²) >= 11 is 1.22. The Balaban J connectivity index is 1.99. The van der Waals surface area contributed by atoms with Gasteiger partial charge in [-0.25, -0.2) is 9.18 Å². The number of carbonyl (C=O) groups is 3. The number of rotatable bonds is 6. The minimum atomic E-state index is -0.977. The summed E-state index contributed by atoms with van der Waals surface area (Å²) in [5, 5.41) is 12.6. The maximum Gasteiger partial charge on any atom is 0.341 e. The molecule has 8 heteroatoms. The van der Waals surface area contributed by atoms with Crippen molar-refractivity contribution in [1.29, 1.82) is 0 Å². The van der Waals surface area contributed by atoms with E-state index in [-0.39, 0.29) is 12.2 Å². The van der Waals surface area contributed by atoms with E-state index in [1.165, 1.54) is 23.5 Å². The topological polar surface area (TPSA) is 92.7 Å². The fourth-order valence-electron chi connectivity index (χ4n) is 3.94. The number of nitrogens with one attached hydrogen (secondary N) is 1. The maximum atomic E-state index is 13.4. The van der Waals surface area contributed by atoms with Crippen LogP contribution in [0, 0.1) is 24.6 Å². The molecule has 6 nitrogen and oxygen atoms in total. The van der Waals surface area contributed by atoms with Gasteiger partial charge in [0.1, 0.15) is 16.4 Å². The average Bonchev–Trinajstić information content (AvgIpc) is 3.04. The van der Waals surface area contributed by atoms with Crippen LogP contribution >= 0.6 is 11.3 Å². The van der Waals surface area contributed by atoms with Crippen LogP contribution in [0.15, 0.2) is 24.3 Å². The summed E-state index contributed by atoms with van der Waals surface area (Å²) in [6, 6.07) is 5.75. The molecular weight excluding hydrogens is 409 g/mol. The number of aryl methyl sites for hydroxylation is 1. The summed E-state index contributed by atoms with van der Waals surface area (Å²) in [6.07, 6.45) is 2.52. The molecule has 0 unspecified atom stereocenters. The predicted octanol–water partition coefficient (Wildman–Crippen LogP) is 4.87. The fourth-order valence-corrected chi connectivity index (χ4v) is 5.01. The first-order valence-electron chi connectivity index (χ1n) is 9.93. The molecule has 0 spiro atoms. The smallest absolute Gasteiger partial charge is 0.341 e. The van der Waals surface area contributed by atoms with E-state index < -0.39 is 35.5 Å². The highest BCUT2D eigenvalue weighted by Gasteiger charge is 2.37. The fraction of sp³-hybridized carbons (Fsp3) is 0.409. The van der Waals surface area contributed by atoms with Gasteiger partial charge in [-0.1, -0.05) is 25.0 Å². The third kappa shape index (κ3) is 4.53. The minimum absolute atomic E-state index is 0.160. The lowest BCUT2D eigenvalue weighted by molar-refractivity contribution is -0.147. The Hall–Kier alpha value is -2.74. The molecule has 1 amide bonds. The second kappa shape index (κ2) is 9.38. The van der Waals surface area contributed by atoms with E-state index in [0.29, 0.717) is 29.0 Å². The van der Waals surface area contributed by atoms with Crippen LogP contribution in [0.3, 0.4) is 0 Å². The molecule has 0 saturated heterocycles. The summed E-state index contributed by atoms with van der Waals surface area (Å²) in [6.45, 7) is 3.66. The Morgan fingerprint density at radius 1 is 1.17 bits per heavy atom. The van der Waals surface area contributed by atoms with Crippen molar-refractivity contribution < 1.29 is 28.6 Å². The van der Waals surface area contributed by atoms with Gasteiger partial charge >= 0.3 is 11.9 Å². The van der Waals surface area contributed by atoms with Crippen molar-refractivity contribution in [3.63, 3.8) is 0 Å². The standard InChI is InChI=1S/C22H24FNO5S/c1-3-29-22(28)18-17(13-8-10-14(23)11-9-13)12(2)30-20(18)24-19(25)15-6-4-5-7-16(15)21(26)27/h8-11,15-16H,3-7H2,1-2H3,(H,24,25)(H,26,27)/t15-,16-/m0/s1. The van der Waals surface area contributed by atoms with Gasteiger partial charge in [0, 0.05) is 10.4 Å². The number of carboxylic acids is 1. The van der Waals surface area contributed by atoms with E-state index in [0.717, 1.165) is 17.7 Å². The van der Waals surface area contributed by atoms with Crippen LogP contribution in [0.4, 0.5) is 9.39 Å². The average molecular weight is 434 g/mol. The van der Waals surface area contributed by atoms with Crippen molar-refractivity contribution in [2.24, 2.45) is 11.8 Å². The van der Waals surface area contributed by atoms with Crippen molar-refractivity contribution in [2.45, 2.75) is 39.5 Å². The molecule has 2 aromatic rings. The summed E-state index contributed by atoms with van der Waals surface area (Å²) < 4.78 is 18.6. The number of benzene rings is 1. The monoisotopic (exact) mass is 433 g/mol. The first-order chi connectivity index (χ1) is 14.3. The number of thiophene rings is 1. The SMILES string of the molecule is CCOC(=O)c1c(NC(=O)[C@H]2CCCC[C@@H]2C(=O)O)sc(C)c1-c1ccc(F)cc1. The third-order valence-electron chi connectivity index (χ3n) is 5.35. The number of hydrogen-bond donors (Lipinski definition) is 2. The van der Waals surface area contributed by atoms with Gasteiger partial charge in [0.15, 0.2) is 0 Å². The predicted molar refractivity (Wildman–Crippen MR) is 112 cm³/mol. The Labute approximate surface area is 178 Å². The number of aliphatic carboxylic acids is 1. The first-order valence-corrected chi connectivity index (χ1v) is 10.7. The number of carbonyl (C=O) groups excluding carboxylic acids is 2. The first kappa shape index (κ1) is 22.0. The molecular formula is C22H24FNO5S. The summed E-state index contributed by atoms with van der Waals surface area (Å²) in [5.74, 6) is -3.75. The molecule has 0 bridgehead atoms. The van der Waals surface area contributed by atoms with Gasteiger partial charge in [-0.2, -0.15) is 0 Å². The molecule has 1 aliphatic rings. The summed E-state index contributed by atoms with van der Waals surface area (Å²) in [5.41, 5.74) is 1.42. The number of halogens is 1. The molecule has 1 saturated carbocycles. The van der Waals surface area contributed by atoms with Crippen LogP contribution in [0.25, 0.3) is 11.1 Å². The van der Waals surface area contributed by atoms with E-state index in [9.17, 15) is 23.9 Å². The van der Waals surface area contributed by atoms with Crippen LogP contribution < -0.4 is 5.32 Å². The van der Waals surface area contributed by atoms with Crippen molar-refractivity contribution in [3.8, 4) is 11.1 Å². The largest absolute Gasteiger partial charge is 0.481 e. The quantitative estimate of drug-likeness (QED) is 0.634. The Morgan fingerprint density at radius 2 is 1.80 bits per heavy atom. The normalized spacial score (nSPS) is 18.6. The van der Waals surface area contributed by atoms with E-state index in [2.05, 4.69) is 5.32 Å². The molecule has 3 rings (SSSR count). The second-order valence-electron chi connectivity index (χ2n) is 7.29. The zero-order chi connectivity index (χ0) is 21.8. The van der Waals surface area contributed by atoms with Gasteiger partial charge in [0.2, 0.25) is 5.91 Å². The Kier molecular flexibility index (Phi) is 6.87. The van der Waals surface area contributed by atoms with Crippen LogP contribution in [0.2, 0.25) is 0 Å². The highest BCUT2D eigenvalue weighted by atomic mass is 32.1. The molecule has 0 radical (unpaired) electrons. The van der Waals surface area contributed by atoms with Gasteiger partial charge in [0.25, 0.3) is 0 Å². The van der Waals surface area contributed by atoms with Gasteiger partial charge < -0.3 is 15.2 Å². The van der Waals surface area contributed by atoms with Crippen LogP contribution in [0.5, 0.6) is 0 Å². The van der Waals surface area contributed by atoms with Crippen molar-refractivity contribution in [1.82, 2.24) is 0 Å². The van der Waals surface area contributed by atoms with Crippen molar-refractivity contribution in [2.75, 3.05) is 11.9 Å². The van der Waals surface area contributed by atoms with Crippen LogP contribution in [-0.4, -0.2) is 29.6 Å². The number of amides is 1. The maximum absolute atomic E-state index is 13.4. The number of anilines is 1. The number of ether oxygens (including phenoxy) is 1. The molecule has 0 aliphatic heterocycles. The molecule has 2 N–H and O–H groups in total. The second-order valence-corrected chi connectivity index (χ2v) is 8.51. The van der Waals surface area contributed by atoms with Gasteiger partial charge in [-0.05, 0) is 44.4 Å². The van der Waals surface area contributed by atoms with Gasteiger partial charge in [-0.15, -0.1) is 11.3 Å². The molecule has 2 atom stereocenters. The molecule has 1 fully saturated rings. The molecule has 1 aromatic heterocycles. The lowest BCUT2D eigenvalue weighted by atomic mass is 9.78. The lowest BCUT2D eigenvalue weighted by Gasteiger charge is -2.27. The Bertz CT molecular complexity index is 953. The zero-order valence-electron chi connectivity index (χ0n) is 16.9. The van der Waals surface area contributed by atoms with Gasteiger partial charge in [0.05, 0.1) is 18.4 Å². The van der Waals surface area contributed by atoms with E-state index in [4.69, 9.17) is 4.74 Å². The third-order valence-corrected chi connectivity index (χ3v) is 6.37. The molecule has 160 valence electrons. The highest BCUT2D eigenvalue weighted by Crippen LogP contribution is 2.41. The van der Waals surface area contributed by atoms with E-state index in [1.54, 1.807) is 19.1 Å². The lowest BCUT2D eigenvalue weighted by Crippen LogP contribution is -2.36. The van der Waals surface area contributed by atoms with Crippen molar-refractivity contribution in [3.05, 3.63) is 40.5 Å².